The number of hydrogen-bond acceptors (Lipinski definition) is 4. The van der Waals surface area contributed by atoms with Crippen molar-refractivity contribution >= 4 is 11.6 Å². The van der Waals surface area contributed by atoms with Gasteiger partial charge in [-0.1, -0.05) is 6.07 Å². The summed E-state index contributed by atoms with van der Waals surface area (Å²) in [4.78, 5) is 16.0. The molecule has 1 fully saturated rings. The fraction of sp³-hybridized carbons (Fsp3) is 0.400. The van der Waals surface area contributed by atoms with E-state index in [-0.39, 0.29) is 5.91 Å². The molecule has 2 aromatic rings. The molecular weight excluding hydrogens is 268 g/mol. The molecular formula is C15H18N4O2. The fourth-order valence-corrected chi connectivity index (χ4v) is 2.41. The molecule has 110 valence electrons. The Hall–Kier alpha value is -2.21. The third-order valence-corrected chi connectivity index (χ3v) is 3.57. The maximum atomic E-state index is 12.0. The molecule has 0 aromatic carbocycles. The van der Waals surface area contributed by atoms with Gasteiger partial charge in [0.15, 0.2) is 0 Å². The summed E-state index contributed by atoms with van der Waals surface area (Å²) in [6.07, 6.45) is 7.25. The summed E-state index contributed by atoms with van der Waals surface area (Å²) in [6, 6.07) is 5.25. The van der Waals surface area contributed by atoms with Gasteiger partial charge in [0.2, 0.25) is 0 Å². The average Bonchev–Trinajstić information content (AvgIpc) is 2.96. The number of pyridine rings is 1. The van der Waals surface area contributed by atoms with Gasteiger partial charge in [0.25, 0.3) is 5.91 Å². The molecule has 1 aliphatic rings. The molecule has 3 heterocycles. The van der Waals surface area contributed by atoms with Gasteiger partial charge in [-0.25, -0.2) is 0 Å². The quantitative estimate of drug-likeness (QED) is 0.932. The molecule has 0 radical (unpaired) electrons. The van der Waals surface area contributed by atoms with Gasteiger partial charge in [0, 0.05) is 32.2 Å². The summed E-state index contributed by atoms with van der Waals surface area (Å²) in [5.74, 6) is 0.374. The fourth-order valence-electron chi connectivity index (χ4n) is 2.41. The molecule has 0 saturated carbocycles. The van der Waals surface area contributed by atoms with Crippen LogP contribution in [-0.4, -0.2) is 33.9 Å². The Bertz CT molecular complexity index is 591. The van der Waals surface area contributed by atoms with Crippen molar-refractivity contribution in [2.75, 3.05) is 18.5 Å². The smallest absolute Gasteiger partial charge is 0.274 e. The first-order valence-electron chi connectivity index (χ1n) is 7.14. The number of nitrogens with one attached hydrogen (secondary N) is 1. The van der Waals surface area contributed by atoms with E-state index in [1.807, 2.05) is 10.9 Å². The monoisotopic (exact) mass is 286 g/mol. The highest BCUT2D eigenvalue weighted by Crippen LogP contribution is 2.17. The number of aromatic nitrogens is 3. The van der Waals surface area contributed by atoms with Crippen LogP contribution in [0.5, 0.6) is 0 Å². The van der Waals surface area contributed by atoms with Gasteiger partial charge in [-0.05, 0) is 30.9 Å². The Morgan fingerprint density at radius 3 is 3.00 bits per heavy atom. The number of rotatable bonds is 4. The second-order valence-electron chi connectivity index (χ2n) is 5.18. The van der Waals surface area contributed by atoms with Gasteiger partial charge in [-0.2, -0.15) is 5.10 Å². The normalized spacial score (nSPS) is 15.8. The number of hydrogen-bond donors (Lipinski definition) is 1. The summed E-state index contributed by atoms with van der Waals surface area (Å²) < 4.78 is 7.23. The Kier molecular flexibility index (Phi) is 4.25. The SMILES string of the molecule is O=C(Nc1cnn(CC2CCOCC2)c1)c1ccccn1. The van der Waals surface area contributed by atoms with Gasteiger partial charge in [0.1, 0.15) is 5.69 Å². The highest BCUT2D eigenvalue weighted by atomic mass is 16.5. The number of carbonyl (C=O) groups excluding carboxylic acids is 1. The third kappa shape index (κ3) is 3.66. The van der Waals surface area contributed by atoms with E-state index in [1.165, 1.54) is 0 Å². The molecule has 6 nitrogen and oxygen atoms in total. The summed E-state index contributed by atoms with van der Waals surface area (Å²) in [7, 11) is 0. The lowest BCUT2D eigenvalue weighted by molar-refractivity contribution is 0.0601. The first-order valence-corrected chi connectivity index (χ1v) is 7.14. The van der Waals surface area contributed by atoms with Crippen LogP contribution in [0, 0.1) is 5.92 Å². The lowest BCUT2D eigenvalue weighted by atomic mass is 10.0. The van der Waals surface area contributed by atoms with Crippen LogP contribution in [0.15, 0.2) is 36.8 Å². The standard InChI is InChI=1S/C15H18N4O2/c20-15(14-3-1-2-6-16-14)18-13-9-17-19(11-13)10-12-4-7-21-8-5-12/h1-3,6,9,11-12H,4-5,7-8,10H2,(H,18,20). The Labute approximate surface area is 123 Å². The van der Waals surface area contributed by atoms with Gasteiger partial charge in [0.05, 0.1) is 11.9 Å². The Morgan fingerprint density at radius 1 is 1.38 bits per heavy atom. The van der Waals surface area contributed by atoms with Crippen LogP contribution in [0.25, 0.3) is 0 Å². The first kappa shape index (κ1) is 13.8. The predicted octanol–water partition coefficient (Wildman–Crippen LogP) is 1.96. The van der Waals surface area contributed by atoms with E-state index in [9.17, 15) is 4.79 Å². The lowest BCUT2D eigenvalue weighted by Gasteiger charge is -2.21. The van der Waals surface area contributed by atoms with Crippen molar-refractivity contribution in [1.82, 2.24) is 14.8 Å². The van der Waals surface area contributed by atoms with E-state index in [1.54, 1.807) is 30.6 Å². The largest absolute Gasteiger partial charge is 0.381 e. The van der Waals surface area contributed by atoms with E-state index < -0.39 is 0 Å². The molecule has 1 N–H and O–H groups in total. The zero-order valence-electron chi connectivity index (χ0n) is 11.7. The van der Waals surface area contributed by atoms with Crippen molar-refractivity contribution in [3.05, 3.63) is 42.5 Å². The minimum atomic E-state index is -0.221. The van der Waals surface area contributed by atoms with Gasteiger partial charge < -0.3 is 10.1 Å². The summed E-state index contributed by atoms with van der Waals surface area (Å²) in [5, 5.41) is 7.10. The zero-order valence-corrected chi connectivity index (χ0v) is 11.7. The number of amides is 1. The number of carbonyl (C=O) groups is 1. The van der Waals surface area contributed by atoms with E-state index in [0.29, 0.717) is 17.3 Å². The van der Waals surface area contributed by atoms with Crippen LogP contribution in [0.1, 0.15) is 23.3 Å². The molecule has 0 aliphatic carbocycles. The molecule has 0 atom stereocenters. The van der Waals surface area contributed by atoms with Crippen molar-refractivity contribution < 1.29 is 9.53 Å². The van der Waals surface area contributed by atoms with Crippen LogP contribution in [0.4, 0.5) is 5.69 Å². The van der Waals surface area contributed by atoms with E-state index in [0.717, 1.165) is 32.6 Å². The van der Waals surface area contributed by atoms with Crippen LogP contribution < -0.4 is 5.32 Å². The zero-order chi connectivity index (χ0) is 14.5. The molecule has 0 spiro atoms. The molecule has 1 amide bonds. The van der Waals surface area contributed by atoms with Gasteiger partial charge >= 0.3 is 0 Å². The van der Waals surface area contributed by atoms with E-state index >= 15 is 0 Å². The third-order valence-electron chi connectivity index (χ3n) is 3.57. The first-order chi connectivity index (χ1) is 10.3. The van der Waals surface area contributed by atoms with Gasteiger partial charge in [-0.3, -0.25) is 14.5 Å². The molecule has 0 unspecified atom stereocenters. The molecule has 1 saturated heterocycles. The molecule has 21 heavy (non-hydrogen) atoms. The van der Waals surface area contributed by atoms with Crippen molar-refractivity contribution in [2.45, 2.75) is 19.4 Å². The topological polar surface area (TPSA) is 69.0 Å². The molecule has 3 rings (SSSR count). The minimum Gasteiger partial charge on any atom is -0.381 e. The highest BCUT2D eigenvalue weighted by molar-refractivity contribution is 6.02. The summed E-state index contributed by atoms with van der Waals surface area (Å²) in [5.41, 5.74) is 1.09. The second-order valence-corrected chi connectivity index (χ2v) is 5.18. The highest BCUT2D eigenvalue weighted by Gasteiger charge is 2.15. The molecule has 1 aliphatic heterocycles. The number of anilines is 1. The lowest BCUT2D eigenvalue weighted by Crippen LogP contribution is -2.20. The van der Waals surface area contributed by atoms with E-state index in [2.05, 4.69) is 15.4 Å². The van der Waals surface area contributed by atoms with Gasteiger partial charge in [-0.15, -0.1) is 0 Å². The van der Waals surface area contributed by atoms with Crippen LogP contribution in [-0.2, 0) is 11.3 Å². The Balaban J connectivity index is 1.58. The van der Waals surface area contributed by atoms with Crippen LogP contribution in [0.3, 0.4) is 0 Å². The average molecular weight is 286 g/mol. The predicted molar refractivity (Wildman–Crippen MR) is 78.0 cm³/mol. The summed E-state index contributed by atoms with van der Waals surface area (Å²) >= 11 is 0. The van der Waals surface area contributed by atoms with Crippen molar-refractivity contribution in [2.24, 2.45) is 5.92 Å². The minimum absolute atomic E-state index is 0.221. The maximum absolute atomic E-state index is 12.0. The number of ether oxygens (including phenoxy) is 1. The second kappa shape index (κ2) is 6.49. The van der Waals surface area contributed by atoms with Crippen LogP contribution >= 0.6 is 0 Å². The van der Waals surface area contributed by atoms with Crippen LogP contribution in [0.2, 0.25) is 0 Å². The molecule has 2 aromatic heterocycles. The maximum Gasteiger partial charge on any atom is 0.274 e. The molecule has 0 bridgehead atoms. The number of nitrogens with zero attached hydrogens (tertiary/aromatic N) is 3. The summed E-state index contributed by atoms with van der Waals surface area (Å²) in [6.45, 7) is 2.52. The van der Waals surface area contributed by atoms with Crippen molar-refractivity contribution in [1.29, 1.82) is 0 Å². The Morgan fingerprint density at radius 2 is 2.24 bits per heavy atom. The molecule has 6 heteroatoms. The van der Waals surface area contributed by atoms with Crippen molar-refractivity contribution in [3.8, 4) is 0 Å². The van der Waals surface area contributed by atoms with Crippen molar-refractivity contribution in [3.63, 3.8) is 0 Å². The van der Waals surface area contributed by atoms with E-state index in [4.69, 9.17) is 4.74 Å².